The predicted molar refractivity (Wildman–Crippen MR) is 45.8 cm³/mol. The van der Waals surface area contributed by atoms with Gasteiger partial charge in [0.2, 0.25) is 0 Å². The van der Waals surface area contributed by atoms with Crippen molar-refractivity contribution in [2.45, 2.75) is 0 Å². The van der Waals surface area contributed by atoms with Crippen LogP contribution in [-0.2, 0) is 0 Å². The number of halogens is 3. The molecular formula is C7H2Cl3NaO2. The molecular weight excluding hydrogens is 245 g/mol. The SMILES string of the molecule is O=C([O-])c1cc(Cl)c(Cl)c(Cl)c1.[Na+]. The Morgan fingerprint density at radius 3 is 1.85 bits per heavy atom. The summed E-state index contributed by atoms with van der Waals surface area (Å²) in [6, 6.07) is 2.37. The minimum atomic E-state index is -1.34. The zero-order valence-electron chi connectivity index (χ0n) is 6.61. The molecule has 1 aromatic carbocycles. The molecule has 0 atom stereocenters. The molecule has 0 aliphatic rings. The first-order valence-electron chi connectivity index (χ1n) is 2.88. The third-order valence-corrected chi connectivity index (χ3v) is 2.42. The standard InChI is InChI=1S/C7H3Cl3O2.Na/c8-4-1-3(7(11)12)2-5(9)6(4)10;/h1-2H,(H,11,12);/q;+1/p-1. The normalized spacial score (nSPS) is 9.15. The number of hydrogen-bond donors (Lipinski definition) is 0. The molecule has 1 rings (SSSR count). The van der Waals surface area contributed by atoms with Gasteiger partial charge >= 0.3 is 29.6 Å². The van der Waals surface area contributed by atoms with Crippen LogP contribution in [0.2, 0.25) is 15.1 Å². The second-order valence-electron chi connectivity index (χ2n) is 2.04. The van der Waals surface area contributed by atoms with E-state index >= 15 is 0 Å². The van der Waals surface area contributed by atoms with Crippen LogP contribution < -0.4 is 34.7 Å². The number of aromatic carboxylic acids is 1. The maximum Gasteiger partial charge on any atom is 1.00 e. The van der Waals surface area contributed by atoms with Gasteiger partial charge in [-0.05, 0) is 12.1 Å². The zero-order chi connectivity index (χ0) is 9.30. The Morgan fingerprint density at radius 1 is 1.15 bits per heavy atom. The van der Waals surface area contributed by atoms with E-state index in [9.17, 15) is 9.90 Å². The summed E-state index contributed by atoms with van der Waals surface area (Å²) < 4.78 is 0. The predicted octanol–water partition coefficient (Wildman–Crippen LogP) is -0.986. The van der Waals surface area contributed by atoms with Crippen molar-refractivity contribution in [3.8, 4) is 0 Å². The Bertz CT molecular complexity index is 318. The van der Waals surface area contributed by atoms with Gasteiger partial charge in [0, 0.05) is 5.56 Å². The maximum absolute atomic E-state index is 10.3. The molecule has 0 saturated carbocycles. The Labute approximate surface area is 112 Å². The molecule has 0 unspecified atom stereocenters. The van der Waals surface area contributed by atoms with E-state index in [1.807, 2.05) is 0 Å². The summed E-state index contributed by atoms with van der Waals surface area (Å²) in [5.41, 5.74) is -0.0885. The van der Waals surface area contributed by atoms with Crippen molar-refractivity contribution >= 4 is 40.8 Å². The molecule has 0 aliphatic heterocycles. The summed E-state index contributed by atoms with van der Waals surface area (Å²) >= 11 is 16.7. The van der Waals surface area contributed by atoms with E-state index in [2.05, 4.69) is 0 Å². The Balaban J connectivity index is 0.00000144. The van der Waals surface area contributed by atoms with E-state index in [-0.39, 0.29) is 50.2 Å². The molecule has 0 amide bonds. The van der Waals surface area contributed by atoms with Crippen molar-refractivity contribution in [1.29, 1.82) is 0 Å². The van der Waals surface area contributed by atoms with Crippen LogP contribution in [0.25, 0.3) is 0 Å². The summed E-state index contributed by atoms with van der Waals surface area (Å²) in [5.74, 6) is -1.34. The number of carboxylic acid groups (broad SMARTS) is 1. The summed E-state index contributed by atoms with van der Waals surface area (Å²) in [6.07, 6.45) is 0. The van der Waals surface area contributed by atoms with Gasteiger partial charge in [0.25, 0.3) is 0 Å². The fourth-order valence-corrected chi connectivity index (χ4v) is 1.27. The zero-order valence-corrected chi connectivity index (χ0v) is 10.9. The fraction of sp³-hybridized carbons (Fsp3) is 0. The monoisotopic (exact) mass is 246 g/mol. The first kappa shape index (κ1) is 13.6. The molecule has 13 heavy (non-hydrogen) atoms. The second kappa shape index (κ2) is 5.44. The summed E-state index contributed by atoms with van der Waals surface area (Å²) in [4.78, 5) is 10.3. The molecule has 64 valence electrons. The van der Waals surface area contributed by atoms with Crippen molar-refractivity contribution in [2.75, 3.05) is 0 Å². The molecule has 0 spiro atoms. The van der Waals surface area contributed by atoms with Crippen molar-refractivity contribution < 1.29 is 39.5 Å². The first-order chi connectivity index (χ1) is 5.52. The Morgan fingerprint density at radius 2 is 1.54 bits per heavy atom. The Hall–Kier alpha value is 0.560. The van der Waals surface area contributed by atoms with Gasteiger partial charge < -0.3 is 9.90 Å². The fourth-order valence-electron chi connectivity index (χ4n) is 0.673. The molecule has 0 aromatic heterocycles. The molecule has 1 aromatic rings. The number of rotatable bonds is 1. The second-order valence-corrected chi connectivity index (χ2v) is 3.23. The number of carbonyl (C=O) groups is 1. The minimum absolute atomic E-state index is 0. The van der Waals surface area contributed by atoms with Crippen LogP contribution in [0.1, 0.15) is 10.4 Å². The van der Waals surface area contributed by atoms with Gasteiger partial charge in [0.1, 0.15) is 0 Å². The molecule has 6 heteroatoms. The van der Waals surface area contributed by atoms with E-state index in [0.29, 0.717) is 0 Å². The van der Waals surface area contributed by atoms with Crippen LogP contribution in [0.5, 0.6) is 0 Å². The summed E-state index contributed by atoms with van der Waals surface area (Å²) in [5, 5.41) is 10.7. The number of hydrogen-bond acceptors (Lipinski definition) is 2. The Kier molecular flexibility index (Phi) is 5.68. The molecule has 2 nitrogen and oxygen atoms in total. The average molecular weight is 247 g/mol. The van der Waals surface area contributed by atoms with Gasteiger partial charge in [0.05, 0.1) is 21.0 Å². The third kappa shape index (κ3) is 3.31. The van der Waals surface area contributed by atoms with E-state index in [4.69, 9.17) is 34.8 Å². The van der Waals surface area contributed by atoms with E-state index in [1.54, 1.807) is 0 Å². The van der Waals surface area contributed by atoms with E-state index < -0.39 is 5.97 Å². The van der Waals surface area contributed by atoms with Crippen LogP contribution >= 0.6 is 34.8 Å². The van der Waals surface area contributed by atoms with Crippen LogP contribution in [0.3, 0.4) is 0 Å². The first-order valence-corrected chi connectivity index (χ1v) is 4.01. The molecule has 0 aliphatic carbocycles. The van der Waals surface area contributed by atoms with Gasteiger partial charge in [-0.15, -0.1) is 0 Å². The van der Waals surface area contributed by atoms with Gasteiger partial charge in [-0.25, -0.2) is 0 Å². The molecule has 0 saturated heterocycles. The van der Waals surface area contributed by atoms with Crippen molar-refractivity contribution in [2.24, 2.45) is 0 Å². The van der Waals surface area contributed by atoms with Crippen LogP contribution in [0, 0.1) is 0 Å². The average Bonchev–Trinajstić information content (AvgIpc) is 1.99. The largest absolute Gasteiger partial charge is 1.00 e. The molecule has 0 fully saturated rings. The van der Waals surface area contributed by atoms with Crippen LogP contribution in [0.15, 0.2) is 12.1 Å². The summed E-state index contributed by atoms with van der Waals surface area (Å²) in [7, 11) is 0. The van der Waals surface area contributed by atoms with Crippen molar-refractivity contribution in [1.82, 2.24) is 0 Å². The van der Waals surface area contributed by atoms with E-state index in [1.165, 1.54) is 12.1 Å². The topological polar surface area (TPSA) is 40.1 Å². The van der Waals surface area contributed by atoms with Gasteiger partial charge in [0.15, 0.2) is 0 Å². The quantitative estimate of drug-likeness (QED) is 0.472. The molecule has 0 bridgehead atoms. The van der Waals surface area contributed by atoms with Gasteiger partial charge in [-0.1, -0.05) is 34.8 Å². The number of carboxylic acids is 1. The number of carbonyl (C=O) groups excluding carboxylic acids is 1. The van der Waals surface area contributed by atoms with Crippen LogP contribution in [0.4, 0.5) is 0 Å². The minimum Gasteiger partial charge on any atom is -0.545 e. The summed E-state index contributed by atoms with van der Waals surface area (Å²) in [6.45, 7) is 0. The molecule has 0 N–H and O–H groups in total. The van der Waals surface area contributed by atoms with Gasteiger partial charge in [-0.2, -0.15) is 0 Å². The third-order valence-electron chi connectivity index (χ3n) is 1.22. The number of benzene rings is 1. The van der Waals surface area contributed by atoms with E-state index in [0.717, 1.165) is 0 Å². The smallest absolute Gasteiger partial charge is 0.545 e. The van der Waals surface area contributed by atoms with Crippen LogP contribution in [-0.4, -0.2) is 5.97 Å². The van der Waals surface area contributed by atoms with Gasteiger partial charge in [-0.3, -0.25) is 0 Å². The molecule has 0 heterocycles. The maximum atomic E-state index is 10.3. The van der Waals surface area contributed by atoms with Crippen molar-refractivity contribution in [3.63, 3.8) is 0 Å². The molecule has 0 radical (unpaired) electrons. The van der Waals surface area contributed by atoms with Crippen molar-refractivity contribution in [3.05, 3.63) is 32.8 Å².